The average molecular weight is 707 g/mol. The first-order chi connectivity index (χ1) is 25.2. The molecule has 4 fully saturated rings. The van der Waals surface area contributed by atoms with Crippen molar-refractivity contribution >= 4 is 40.0 Å². The number of anilines is 3. The number of nitrogens with one attached hydrogen (secondary N) is 1. The summed E-state index contributed by atoms with van der Waals surface area (Å²) >= 11 is 0. The van der Waals surface area contributed by atoms with E-state index in [4.69, 9.17) is 9.97 Å². The number of aliphatic hydroxyl groups is 1. The van der Waals surface area contributed by atoms with Gasteiger partial charge in [-0.3, -0.25) is 14.6 Å². The van der Waals surface area contributed by atoms with E-state index < -0.39 is 16.6 Å². The summed E-state index contributed by atoms with van der Waals surface area (Å²) in [5.41, 5.74) is 3.96. The second kappa shape index (κ2) is 12.6. The number of aliphatic hydroxyl groups excluding tert-OH is 1. The second-order valence-electron chi connectivity index (χ2n) is 16.0. The number of hydrogen-bond donors (Lipinski definition) is 2. The van der Waals surface area contributed by atoms with E-state index in [2.05, 4.69) is 46.1 Å². The van der Waals surface area contributed by atoms with Crippen molar-refractivity contribution in [3.05, 3.63) is 60.4 Å². The Hall–Kier alpha value is -4.42. The molecule has 0 radical (unpaired) electrons. The molecule has 3 aliphatic heterocycles. The molecule has 272 valence electrons. The summed E-state index contributed by atoms with van der Waals surface area (Å²) in [5, 5.41) is 13.2. The summed E-state index contributed by atoms with van der Waals surface area (Å²) in [6.45, 7) is 7.30. The van der Waals surface area contributed by atoms with E-state index in [1.165, 1.54) is 25.5 Å². The predicted octanol–water partition coefficient (Wildman–Crippen LogP) is 5.95. The number of carbonyl (C=O) groups is 2. The molecule has 11 nitrogen and oxygen atoms in total. The van der Waals surface area contributed by atoms with Crippen LogP contribution < -0.4 is 10.2 Å². The van der Waals surface area contributed by atoms with Gasteiger partial charge >= 0.3 is 0 Å². The van der Waals surface area contributed by atoms with E-state index in [1.54, 1.807) is 18.6 Å². The van der Waals surface area contributed by atoms with Gasteiger partial charge in [-0.1, -0.05) is 18.6 Å². The molecular formula is C40H47FN8O3. The fourth-order valence-electron chi connectivity index (χ4n) is 9.26. The van der Waals surface area contributed by atoms with Crippen LogP contribution in [-0.2, 0) is 15.0 Å². The van der Waals surface area contributed by atoms with Gasteiger partial charge in [-0.15, -0.1) is 0 Å². The lowest BCUT2D eigenvalue weighted by Gasteiger charge is -2.48. The molecule has 2 N–H and O–H groups in total. The monoisotopic (exact) mass is 706 g/mol. The van der Waals surface area contributed by atoms with Crippen LogP contribution in [0.3, 0.4) is 0 Å². The molecule has 6 heterocycles. The zero-order chi connectivity index (χ0) is 35.8. The van der Waals surface area contributed by atoms with Gasteiger partial charge in [-0.25, -0.2) is 14.4 Å². The number of imidazole rings is 1. The van der Waals surface area contributed by atoms with Crippen molar-refractivity contribution in [3.8, 4) is 11.3 Å². The minimum absolute atomic E-state index is 0.0310. The van der Waals surface area contributed by atoms with E-state index in [-0.39, 0.29) is 36.2 Å². The molecular weight excluding hydrogens is 659 g/mol. The molecule has 2 saturated carbocycles. The molecule has 5 aliphatic rings. The van der Waals surface area contributed by atoms with Crippen molar-refractivity contribution in [1.82, 2.24) is 29.3 Å². The SMILES string of the molecule is CC(C)n1cnc2cc(-c3ccc4c(c3)N(C3CC(N5CCCCC5)C3)C(=O)C43CCN(C(=O)C4(CO)CC4)CC3)nc(Nc3ccncc3F)c21. The van der Waals surface area contributed by atoms with Crippen molar-refractivity contribution in [2.45, 2.75) is 95.2 Å². The van der Waals surface area contributed by atoms with E-state index in [0.29, 0.717) is 43.5 Å². The average Bonchev–Trinajstić information content (AvgIpc) is 3.77. The Morgan fingerprint density at radius 3 is 2.48 bits per heavy atom. The number of carbonyl (C=O) groups excluding carboxylic acids is 2. The smallest absolute Gasteiger partial charge is 0.238 e. The lowest BCUT2D eigenvalue weighted by molar-refractivity contribution is -0.142. The quantitative estimate of drug-likeness (QED) is 0.231. The standard InChI is InChI=1S/C40H47FN8O3/c1-25(2)48-24-43-33-21-32(45-36(35(33)48)44-31-8-13-42-22-30(31)41)26-6-7-29-34(18-26)49(28-19-27(20-28)46-14-4-3-5-15-46)38(52)40(29)11-16-47(17-12-40)37(51)39(23-50)9-10-39/h6-8,13,18,21-22,24-25,27-28,50H,3-5,9-12,14-17,19-20,23H2,1-2H3,(H,42,44,45). The predicted molar refractivity (Wildman–Crippen MR) is 197 cm³/mol. The van der Waals surface area contributed by atoms with Crippen LogP contribution in [0.1, 0.15) is 83.2 Å². The lowest BCUT2D eigenvalue weighted by Crippen LogP contribution is -2.58. The van der Waals surface area contributed by atoms with Crippen molar-refractivity contribution in [2.24, 2.45) is 5.41 Å². The van der Waals surface area contributed by atoms with Gasteiger partial charge in [-0.05, 0) is 102 Å². The highest BCUT2D eigenvalue weighted by Gasteiger charge is 2.58. The number of rotatable bonds is 8. The molecule has 0 unspecified atom stereocenters. The van der Waals surface area contributed by atoms with Crippen LogP contribution in [0, 0.1) is 11.2 Å². The third kappa shape index (κ3) is 5.31. The van der Waals surface area contributed by atoms with Gasteiger partial charge in [0.1, 0.15) is 5.52 Å². The van der Waals surface area contributed by atoms with Gasteiger partial charge in [0, 0.05) is 48.7 Å². The number of pyridine rings is 2. The highest BCUT2D eigenvalue weighted by atomic mass is 19.1. The zero-order valence-electron chi connectivity index (χ0n) is 30.0. The molecule has 1 aromatic carbocycles. The molecule has 12 heteroatoms. The fourth-order valence-corrected chi connectivity index (χ4v) is 9.26. The lowest BCUT2D eigenvalue weighted by atomic mass is 9.73. The maximum Gasteiger partial charge on any atom is 0.238 e. The third-order valence-electron chi connectivity index (χ3n) is 12.7. The molecule has 1 spiro atoms. The Bertz CT molecular complexity index is 2040. The number of benzene rings is 1. The number of hydrogen-bond acceptors (Lipinski definition) is 8. The van der Waals surface area contributed by atoms with Crippen LogP contribution >= 0.6 is 0 Å². The number of nitrogens with zero attached hydrogens (tertiary/aromatic N) is 7. The van der Waals surface area contributed by atoms with Gasteiger partial charge in [-0.2, -0.15) is 0 Å². The highest BCUT2D eigenvalue weighted by molar-refractivity contribution is 6.09. The van der Waals surface area contributed by atoms with Crippen molar-refractivity contribution in [2.75, 3.05) is 43.0 Å². The molecule has 2 amide bonds. The molecule has 9 rings (SSSR count). The number of halogens is 1. The van der Waals surface area contributed by atoms with Gasteiger partial charge in [0.15, 0.2) is 11.6 Å². The molecule has 3 aromatic heterocycles. The van der Waals surface area contributed by atoms with E-state index in [0.717, 1.165) is 66.6 Å². The van der Waals surface area contributed by atoms with Crippen LogP contribution in [-0.4, -0.2) is 91.1 Å². The minimum atomic E-state index is -0.699. The van der Waals surface area contributed by atoms with Crippen molar-refractivity contribution in [3.63, 3.8) is 0 Å². The minimum Gasteiger partial charge on any atom is -0.395 e. The van der Waals surface area contributed by atoms with Gasteiger partial charge in [0.2, 0.25) is 11.8 Å². The summed E-state index contributed by atoms with van der Waals surface area (Å²) in [6.07, 6.45) is 12.8. The molecule has 2 saturated heterocycles. The second-order valence-corrected chi connectivity index (χ2v) is 16.0. The van der Waals surface area contributed by atoms with Crippen LogP contribution in [0.2, 0.25) is 0 Å². The maximum atomic E-state index is 14.9. The number of amides is 2. The van der Waals surface area contributed by atoms with Crippen LogP contribution in [0.5, 0.6) is 0 Å². The summed E-state index contributed by atoms with van der Waals surface area (Å²) in [7, 11) is 0. The number of fused-ring (bicyclic) bond motifs is 3. The summed E-state index contributed by atoms with van der Waals surface area (Å²) in [6, 6.07) is 10.5. The van der Waals surface area contributed by atoms with Crippen LogP contribution in [0.4, 0.5) is 21.6 Å². The molecule has 4 aromatic rings. The number of piperidine rings is 2. The molecule has 52 heavy (non-hydrogen) atoms. The molecule has 2 aliphatic carbocycles. The number of likely N-dealkylation sites (tertiary alicyclic amines) is 2. The highest BCUT2D eigenvalue weighted by Crippen LogP contribution is 2.53. The Kier molecular flexibility index (Phi) is 8.11. The molecule has 0 atom stereocenters. The Labute approximate surface area is 303 Å². The van der Waals surface area contributed by atoms with Crippen molar-refractivity contribution in [1.29, 1.82) is 0 Å². The van der Waals surface area contributed by atoms with Gasteiger partial charge in [0.25, 0.3) is 0 Å². The Balaban J connectivity index is 1.09. The topological polar surface area (TPSA) is 120 Å². The Morgan fingerprint density at radius 1 is 1.02 bits per heavy atom. The summed E-state index contributed by atoms with van der Waals surface area (Å²) < 4.78 is 16.9. The maximum absolute atomic E-state index is 14.9. The normalized spacial score (nSPS) is 23.7. The number of aromatic nitrogens is 4. The molecule has 0 bridgehead atoms. The van der Waals surface area contributed by atoms with Gasteiger partial charge in [0.05, 0.1) is 46.9 Å². The zero-order valence-corrected chi connectivity index (χ0v) is 30.0. The van der Waals surface area contributed by atoms with E-state index in [9.17, 15) is 19.1 Å². The van der Waals surface area contributed by atoms with Gasteiger partial charge < -0.3 is 29.7 Å². The van der Waals surface area contributed by atoms with Crippen molar-refractivity contribution < 1.29 is 19.1 Å². The largest absolute Gasteiger partial charge is 0.395 e. The van der Waals surface area contributed by atoms with Crippen LogP contribution in [0.15, 0.2) is 49.1 Å². The van der Waals surface area contributed by atoms with E-state index >= 15 is 0 Å². The third-order valence-corrected chi connectivity index (χ3v) is 12.7. The Morgan fingerprint density at radius 2 is 1.79 bits per heavy atom. The fraction of sp³-hybridized carbons (Fsp3) is 0.525. The first-order valence-electron chi connectivity index (χ1n) is 19.1. The van der Waals surface area contributed by atoms with Crippen LogP contribution in [0.25, 0.3) is 22.3 Å². The first kappa shape index (κ1) is 33.4. The van der Waals surface area contributed by atoms with E-state index in [1.807, 2.05) is 21.6 Å². The summed E-state index contributed by atoms with van der Waals surface area (Å²) in [5.74, 6) is 0.191. The summed E-state index contributed by atoms with van der Waals surface area (Å²) in [4.78, 5) is 48.5. The first-order valence-corrected chi connectivity index (χ1v) is 19.1.